The maximum atomic E-state index is 13.1. The van der Waals surface area contributed by atoms with E-state index in [0.717, 1.165) is 31.6 Å². The molecule has 2 aromatic rings. The summed E-state index contributed by atoms with van der Waals surface area (Å²) >= 11 is 0. The Morgan fingerprint density at radius 3 is 2.64 bits per heavy atom. The molecule has 25 heavy (non-hydrogen) atoms. The Balaban J connectivity index is 2.16. The number of nitrogens with zero attached hydrogens (tertiary/aromatic N) is 3. The Morgan fingerprint density at radius 2 is 2.00 bits per heavy atom. The van der Waals surface area contributed by atoms with Crippen molar-refractivity contribution >= 4 is 0 Å². The molecule has 1 aliphatic rings. The van der Waals surface area contributed by atoms with Gasteiger partial charge < -0.3 is 14.8 Å². The molecular formula is C19H25N3O3. The van der Waals surface area contributed by atoms with Crippen molar-refractivity contribution in [2.45, 2.75) is 38.8 Å². The summed E-state index contributed by atoms with van der Waals surface area (Å²) in [6.45, 7) is 3.59. The Bertz CT molecular complexity index is 767. The molecule has 3 rings (SSSR count). The van der Waals surface area contributed by atoms with Gasteiger partial charge in [-0.25, -0.2) is 0 Å². The molecule has 0 radical (unpaired) electrons. The lowest BCUT2D eigenvalue weighted by atomic mass is 9.98. The van der Waals surface area contributed by atoms with Crippen LogP contribution in [0.3, 0.4) is 0 Å². The van der Waals surface area contributed by atoms with E-state index in [1.54, 1.807) is 19.2 Å². The van der Waals surface area contributed by atoms with Crippen LogP contribution >= 0.6 is 0 Å². The van der Waals surface area contributed by atoms with Gasteiger partial charge in [-0.15, -0.1) is 0 Å². The molecule has 1 atom stereocenters. The van der Waals surface area contributed by atoms with Gasteiger partial charge in [-0.1, -0.05) is 12.5 Å². The lowest BCUT2D eigenvalue weighted by Gasteiger charge is -2.34. The molecule has 1 saturated heterocycles. The molecule has 0 aromatic carbocycles. The Hall–Kier alpha value is -2.18. The fourth-order valence-electron chi connectivity index (χ4n) is 3.64. The molecule has 6 heteroatoms. The molecule has 6 nitrogen and oxygen atoms in total. The number of likely N-dealkylation sites (tertiary alicyclic amines) is 1. The fraction of sp³-hybridized carbons (Fsp3) is 0.474. The highest BCUT2D eigenvalue weighted by Crippen LogP contribution is 2.33. The summed E-state index contributed by atoms with van der Waals surface area (Å²) in [5.74, 6) is -0.00193. The third kappa shape index (κ3) is 3.60. The molecule has 1 fully saturated rings. The number of hydrogen-bond acceptors (Lipinski definition) is 5. The third-order valence-electron chi connectivity index (χ3n) is 4.84. The Kier molecular flexibility index (Phi) is 5.50. The van der Waals surface area contributed by atoms with Crippen LogP contribution < -0.4 is 5.56 Å². The second-order valence-corrected chi connectivity index (χ2v) is 6.52. The SMILES string of the molecule is Cc1cc(O)c(C(c2ccccn2)N2CCCCC2)c(=O)n1CCO. The molecule has 0 bridgehead atoms. The summed E-state index contributed by atoms with van der Waals surface area (Å²) in [6, 6.07) is 6.87. The first-order valence-corrected chi connectivity index (χ1v) is 8.82. The monoisotopic (exact) mass is 343 g/mol. The molecule has 1 aliphatic heterocycles. The zero-order valence-electron chi connectivity index (χ0n) is 14.6. The predicted octanol–water partition coefficient (Wildman–Crippen LogP) is 1.82. The molecule has 2 aromatic heterocycles. The second kappa shape index (κ2) is 7.80. The van der Waals surface area contributed by atoms with Crippen molar-refractivity contribution in [1.82, 2.24) is 14.5 Å². The molecule has 0 saturated carbocycles. The van der Waals surface area contributed by atoms with Gasteiger partial charge in [0.25, 0.3) is 5.56 Å². The molecule has 0 spiro atoms. The maximum Gasteiger partial charge on any atom is 0.259 e. The van der Waals surface area contributed by atoms with Crippen LogP contribution in [0.25, 0.3) is 0 Å². The number of aryl methyl sites for hydroxylation is 1. The van der Waals surface area contributed by atoms with Gasteiger partial charge in [0.05, 0.1) is 23.9 Å². The molecule has 0 amide bonds. The van der Waals surface area contributed by atoms with Crippen LogP contribution in [0.1, 0.15) is 42.3 Å². The first-order chi connectivity index (χ1) is 12.1. The average Bonchev–Trinajstić information content (AvgIpc) is 2.63. The van der Waals surface area contributed by atoms with E-state index in [1.165, 1.54) is 11.0 Å². The number of aliphatic hydroxyl groups excluding tert-OH is 1. The van der Waals surface area contributed by atoms with E-state index in [-0.39, 0.29) is 30.5 Å². The van der Waals surface area contributed by atoms with E-state index in [4.69, 9.17) is 0 Å². The van der Waals surface area contributed by atoms with E-state index in [9.17, 15) is 15.0 Å². The van der Waals surface area contributed by atoms with Gasteiger partial charge in [0.1, 0.15) is 5.75 Å². The largest absolute Gasteiger partial charge is 0.507 e. The van der Waals surface area contributed by atoms with Crippen LogP contribution in [0.15, 0.2) is 35.3 Å². The van der Waals surface area contributed by atoms with Crippen molar-refractivity contribution in [3.8, 4) is 5.75 Å². The number of rotatable bonds is 5. The zero-order valence-corrected chi connectivity index (χ0v) is 14.6. The molecule has 3 heterocycles. The topological polar surface area (TPSA) is 78.6 Å². The first kappa shape index (κ1) is 17.6. The van der Waals surface area contributed by atoms with Gasteiger partial charge in [-0.05, 0) is 51.1 Å². The fourth-order valence-corrected chi connectivity index (χ4v) is 3.64. The number of hydrogen-bond donors (Lipinski definition) is 2. The van der Waals surface area contributed by atoms with Gasteiger partial charge in [0, 0.05) is 18.4 Å². The van der Waals surface area contributed by atoms with Crippen molar-refractivity contribution in [2.75, 3.05) is 19.7 Å². The number of pyridine rings is 2. The van der Waals surface area contributed by atoms with Crippen molar-refractivity contribution in [1.29, 1.82) is 0 Å². The van der Waals surface area contributed by atoms with Gasteiger partial charge in [0.2, 0.25) is 0 Å². The van der Waals surface area contributed by atoms with Crippen LogP contribution in [-0.2, 0) is 6.54 Å². The van der Waals surface area contributed by atoms with Gasteiger partial charge >= 0.3 is 0 Å². The number of piperidine rings is 1. The van der Waals surface area contributed by atoms with E-state index in [2.05, 4.69) is 9.88 Å². The molecule has 2 N–H and O–H groups in total. The van der Waals surface area contributed by atoms with E-state index in [1.807, 2.05) is 18.2 Å². The van der Waals surface area contributed by atoms with Crippen LogP contribution in [0.5, 0.6) is 5.75 Å². The van der Waals surface area contributed by atoms with Crippen molar-refractivity contribution < 1.29 is 10.2 Å². The zero-order chi connectivity index (χ0) is 17.8. The van der Waals surface area contributed by atoms with Crippen LogP contribution in [0, 0.1) is 6.92 Å². The Labute approximate surface area is 147 Å². The number of aromatic hydroxyl groups is 1. The van der Waals surface area contributed by atoms with Gasteiger partial charge in [-0.3, -0.25) is 14.7 Å². The highest BCUT2D eigenvalue weighted by molar-refractivity contribution is 5.39. The van der Waals surface area contributed by atoms with Crippen molar-refractivity contribution in [3.63, 3.8) is 0 Å². The summed E-state index contributed by atoms with van der Waals surface area (Å²) < 4.78 is 1.52. The van der Waals surface area contributed by atoms with E-state index in [0.29, 0.717) is 11.3 Å². The van der Waals surface area contributed by atoms with Gasteiger partial charge in [-0.2, -0.15) is 0 Å². The summed E-state index contributed by atoms with van der Waals surface area (Å²) in [4.78, 5) is 19.8. The third-order valence-corrected chi connectivity index (χ3v) is 4.84. The summed E-state index contributed by atoms with van der Waals surface area (Å²) in [7, 11) is 0. The first-order valence-electron chi connectivity index (χ1n) is 8.82. The van der Waals surface area contributed by atoms with E-state index < -0.39 is 0 Å². The van der Waals surface area contributed by atoms with Crippen LogP contribution in [0.4, 0.5) is 0 Å². The van der Waals surface area contributed by atoms with Crippen LogP contribution in [0.2, 0.25) is 0 Å². The summed E-state index contributed by atoms with van der Waals surface area (Å²) in [5, 5.41) is 19.9. The minimum Gasteiger partial charge on any atom is -0.507 e. The normalized spacial score (nSPS) is 16.7. The van der Waals surface area contributed by atoms with Gasteiger partial charge in [0.15, 0.2) is 0 Å². The average molecular weight is 343 g/mol. The van der Waals surface area contributed by atoms with E-state index >= 15 is 0 Å². The quantitative estimate of drug-likeness (QED) is 0.866. The Morgan fingerprint density at radius 1 is 1.24 bits per heavy atom. The standard InChI is InChI=1S/C19H25N3O3/c1-14-13-16(24)17(19(25)22(14)11-12-23)18(15-7-3-4-8-20-15)21-9-5-2-6-10-21/h3-4,7-8,13,18,23-24H,2,5-6,9-12H2,1H3. The molecule has 134 valence electrons. The highest BCUT2D eigenvalue weighted by atomic mass is 16.3. The van der Waals surface area contributed by atoms with Crippen molar-refractivity contribution in [2.24, 2.45) is 0 Å². The number of aliphatic hydroxyl groups is 1. The van der Waals surface area contributed by atoms with Crippen LogP contribution in [-0.4, -0.2) is 44.4 Å². The minimum absolute atomic E-state index is 0.00193. The molecular weight excluding hydrogens is 318 g/mol. The predicted molar refractivity (Wildman–Crippen MR) is 95.7 cm³/mol. The smallest absolute Gasteiger partial charge is 0.259 e. The lowest BCUT2D eigenvalue weighted by Crippen LogP contribution is -2.39. The molecule has 1 unspecified atom stereocenters. The lowest BCUT2D eigenvalue weighted by molar-refractivity contribution is 0.180. The number of aromatic nitrogens is 2. The highest BCUT2D eigenvalue weighted by Gasteiger charge is 2.30. The summed E-state index contributed by atoms with van der Waals surface area (Å²) in [6.07, 6.45) is 5.03. The summed E-state index contributed by atoms with van der Waals surface area (Å²) in [5.41, 5.74) is 1.49. The second-order valence-electron chi connectivity index (χ2n) is 6.52. The minimum atomic E-state index is -0.375. The maximum absolute atomic E-state index is 13.1. The molecule has 0 aliphatic carbocycles. The van der Waals surface area contributed by atoms with Crippen molar-refractivity contribution in [3.05, 3.63) is 57.8 Å².